The molecule has 0 unspecified atom stereocenters. The van der Waals surface area contributed by atoms with E-state index in [2.05, 4.69) is 10.3 Å². The third-order valence-electron chi connectivity index (χ3n) is 2.78. The van der Waals surface area contributed by atoms with Crippen molar-refractivity contribution in [1.29, 1.82) is 0 Å². The highest BCUT2D eigenvalue weighted by Crippen LogP contribution is 2.18. The number of aliphatic hydroxyl groups is 2. The number of carbonyl (C=O) groups excluding carboxylic acids is 1. The molecule has 0 bridgehead atoms. The molecule has 0 aromatic carbocycles. The van der Waals surface area contributed by atoms with Gasteiger partial charge in [-0.15, -0.1) is 0 Å². The highest BCUT2D eigenvalue weighted by molar-refractivity contribution is 6.29. The Balaban J connectivity index is 3.00. The molecule has 0 spiro atoms. The largest absolute Gasteiger partial charge is 0.394 e. The van der Waals surface area contributed by atoms with Gasteiger partial charge in [0, 0.05) is 11.3 Å². The molecule has 1 aromatic heterocycles. The van der Waals surface area contributed by atoms with Gasteiger partial charge in [0.2, 0.25) is 0 Å². The van der Waals surface area contributed by atoms with Crippen LogP contribution in [0.25, 0.3) is 0 Å². The molecule has 0 aliphatic rings. The zero-order valence-electron chi connectivity index (χ0n) is 11.3. The van der Waals surface area contributed by atoms with Crippen molar-refractivity contribution >= 4 is 17.5 Å². The summed E-state index contributed by atoms with van der Waals surface area (Å²) >= 11 is 5.89. The van der Waals surface area contributed by atoms with E-state index in [9.17, 15) is 4.79 Å². The van der Waals surface area contributed by atoms with Gasteiger partial charge in [-0.3, -0.25) is 4.79 Å². The number of aliphatic hydroxyl groups excluding tert-OH is 2. The van der Waals surface area contributed by atoms with Crippen molar-refractivity contribution in [2.45, 2.75) is 32.2 Å². The second-order valence-corrected chi connectivity index (χ2v) is 5.48. The Bertz CT molecular complexity index is 459. The van der Waals surface area contributed by atoms with E-state index in [4.69, 9.17) is 21.8 Å². The van der Waals surface area contributed by atoms with Crippen LogP contribution < -0.4 is 5.32 Å². The second kappa shape index (κ2) is 6.32. The minimum atomic E-state index is -1.06. The van der Waals surface area contributed by atoms with Crippen LogP contribution in [0.5, 0.6) is 0 Å². The van der Waals surface area contributed by atoms with Crippen LogP contribution in [0.4, 0.5) is 0 Å². The summed E-state index contributed by atoms with van der Waals surface area (Å²) in [6, 6.07) is 3.11. The molecule has 1 amide bonds. The Morgan fingerprint density at radius 1 is 1.42 bits per heavy atom. The van der Waals surface area contributed by atoms with Crippen molar-refractivity contribution in [1.82, 2.24) is 10.3 Å². The summed E-state index contributed by atoms with van der Waals surface area (Å²) in [4.78, 5) is 16.2. The molecule has 3 N–H and O–H groups in total. The third kappa shape index (κ3) is 4.16. The first-order valence-electron chi connectivity index (χ1n) is 6.03. The van der Waals surface area contributed by atoms with Gasteiger partial charge in [-0.05, 0) is 25.0 Å². The van der Waals surface area contributed by atoms with Crippen molar-refractivity contribution in [3.8, 4) is 0 Å². The van der Waals surface area contributed by atoms with Crippen LogP contribution in [0.2, 0.25) is 5.15 Å². The summed E-state index contributed by atoms with van der Waals surface area (Å²) in [6.45, 7) is 4.74. The second-order valence-electron chi connectivity index (χ2n) is 5.09. The molecule has 0 radical (unpaired) electrons. The van der Waals surface area contributed by atoms with E-state index in [0.29, 0.717) is 11.3 Å². The molecular weight excluding hydrogens is 268 g/mol. The summed E-state index contributed by atoms with van der Waals surface area (Å²) in [6.07, 6.45) is 0. The first kappa shape index (κ1) is 15.9. The lowest BCUT2D eigenvalue weighted by Crippen LogP contribution is -2.51. The number of nitrogens with zero attached hydrogens (tertiary/aromatic N) is 1. The number of amides is 1. The average molecular weight is 287 g/mol. The molecule has 6 heteroatoms. The van der Waals surface area contributed by atoms with E-state index in [-0.39, 0.29) is 24.3 Å². The Kier molecular flexibility index (Phi) is 5.29. The number of pyridine rings is 1. The predicted octanol–water partition coefficient (Wildman–Crippen LogP) is 1.33. The summed E-state index contributed by atoms with van der Waals surface area (Å²) in [5, 5.41) is 21.1. The lowest BCUT2D eigenvalue weighted by Gasteiger charge is -2.26. The number of aromatic nitrogens is 1. The first-order chi connectivity index (χ1) is 8.81. The molecule has 1 heterocycles. The summed E-state index contributed by atoms with van der Waals surface area (Å²) in [5.41, 5.74) is 0.00865. The number of halogens is 1. The smallest absolute Gasteiger partial charge is 0.252 e. The van der Waals surface area contributed by atoms with E-state index >= 15 is 0 Å². The zero-order valence-corrected chi connectivity index (χ0v) is 12.0. The van der Waals surface area contributed by atoms with Gasteiger partial charge in [0.25, 0.3) is 5.91 Å². The van der Waals surface area contributed by atoms with Crippen molar-refractivity contribution < 1.29 is 15.0 Å². The number of rotatable bonds is 5. The topological polar surface area (TPSA) is 82.5 Å². The van der Waals surface area contributed by atoms with E-state index in [1.165, 1.54) is 6.07 Å². The lowest BCUT2D eigenvalue weighted by molar-refractivity contribution is 0.0723. The SMILES string of the molecule is CC(C)c1cc(C(=O)NC(C)(CO)CO)cc(Cl)n1. The quantitative estimate of drug-likeness (QED) is 0.713. The monoisotopic (exact) mass is 286 g/mol. The molecule has 19 heavy (non-hydrogen) atoms. The third-order valence-corrected chi connectivity index (χ3v) is 2.97. The van der Waals surface area contributed by atoms with E-state index in [1.54, 1.807) is 13.0 Å². The van der Waals surface area contributed by atoms with Gasteiger partial charge in [-0.1, -0.05) is 25.4 Å². The average Bonchev–Trinajstić information content (AvgIpc) is 2.37. The Morgan fingerprint density at radius 2 is 2.00 bits per heavy atom. The molecule has 0 aliphatic heterocycles. The molecule has 0 saturated heterocycles. The van der Waals surface area contributed by atoms with Crippen LogP contribution in [-0.4, -0.2) is 39.9 Å². The Labute approximate surface area is 117 Å². The maximum absolute atomic E-state index is 12.1. The summed E-state index contributed by atoms with van der Waals surface area (Å²) < 4.78 is 0. The molecule has 5 nitrogen and oxygen atoms in total. The molecular formula is C13H19ClN2O3. The molecule has 0 saturated carbocycles. The standard InChI is InChI=1S/C13H19ClN2O3/c1-8(2)10-4-9(5-11(14)15-10)12(19)16-13(3,6-17)7-18/h4-5,8,17-18H,6-7H2,1-3H3,(H,16,19). The molecule has 106 valence electrons. The van der Waals surface area contributed by atoms with Crippen LogP contribution in [0.1, 0.15) is 42.7 Å². The normalized spacial score (nSPS) is 11.7. The Hall–Kier alpha value is -1.17. The fourth-order valence-electron chi connectivity index (χ4n) is 1.42. The van der Waals surface area contributed by atoms with Crippen molar-refractivity contribution in [3.05, 3.63) is 28.5 Å². The van der Waals surface area contributed by atoms with Gasteiger partial charge < -0.3 is 15.5 Å². The number of hydrogen-bond donors (Lipinski definition) is 3. The van der Waals surface area contributed by atoms with E-state index < -0.39 is 11.4 Å². The van der Waals surface area contributed by atoms with Crippen LogP contribution >= 0.6 is 11.6 Å². The summed E-state index contributed by atoms with van der Waals surface area (Å²) in [7, 11) is 0. The van der Waals surface area contributed by atoms with Crippen LogP contribution in [-0.2, 0) is 0 Å². The minimum absolute atomic E-state index is 0.146. The van der Waals surface area contributed by atoms with Gasteiger partial charge in [0.15, 0.2) is 0 Å². The fraction of sp³-hybridized carbons (Fsp3) is 0.538. The Morgan fingerprint density at radius 3 is 2.47 bits per heavy atom. The number of nitrogens with one attached hydrogen (secondary N) is 1. The fourth-order valence-corrected chi connectivity index (χ4v) is 1.63. The van der Waals surface area contributed by atoms with E-state index in [0.717, 1.165) is 0 Å². The maximum Gasteiger partial charge on any atom is 0.252 e. The van der Waals surface area contributed by atoms with Gasteiger partial charge in [0.1, 0.15) is 5.15 Å². The first-order valence-corrected chi connectivity index (χ1v) is 6.41. The maximum atomic E-state index is 12.1. The number of carbonyl (C=O) groups is 1. The lowest BCUT2D eigenvalue weighted by atomic mass is 10.0. The molecule has 0 aliphatic carbocycles. The molecule has 0 atom stereocenters. The minimum Gasteiger partial charge on any atom is -0.394 e. The predicted molar refractivity (Wildman–Crippen MR) is 73.4 cm³/mol. The molecule has 1 rings (SSSR count). The molecule has 1 aromatic rings. The van der Waals surface area contributed by atoms with E-state index in [1.807, 2.05) is 13.8 Å². The highest BCUT2D eigenvalue weighted by Gasteiger charge is 2.25. The zero-order chi connectivity index (χ0) is 14.6. The summed E-state index contributed by atoms with van der Waals surface area (Å²) in [5.74, 6) is -0.260. The van der Waals surface area contributed by atoms with Gasteiger partial charge in [-0.2, -0.15) is 0 Å². The van der Waals surface area contributed by atoms with Crippen LogP contribution in [0.3, 0.4) is 0 Å². The van der Waals surface area contributed by atoms with Crippen molar-refractivity contribution in [2.24, 2.45) is 0 Å². The van der Waals surface area contributed by atoms with Crippen LogP contribution in [0.15, 0.2) is 12.1 Å². The highest BCUT2D eigenvalue weighted by atomic mass is 35.5. The molecule has 0 fully saturated rings. The van der Waals surface area contributed by atoms with Crippen LogP contribution in [0, 0.1) is 0 Å². The van der Waals surface area contributed by atoms with Crippen molar-refractivity contribution in [3.63, 3.8) is 0 Å². The number of hydrogen-bond acceptors (Lipinski definition) is 4. The van der Waals surface area contributed by atoms with Gasteiger partial charge >= 0.3 is 0 Å². The van der Waals surface area contributed by atoms with Crippen molar-refractivity contribution in [2.75, 3.05) is 13.2 Å². The van der Waals surface area contributed by atoms with Gasteiger partial charge in [-0.25, -0.2) is 4.98 Å². The van der Waals surface area contributed by atoms with Gasteiger partial charge in [0.05, 0.1) is 18.8 Å².